The first-order valence-electron chi connectivity index (χ1n) is 24.4. The molecule has 2 N–H and O–H groups in total. The Morgan fingerprint density at radius 2 is 1.27 bits per heavy atom. The van der Waals surface area contributed by atoms with Gasteiger partial charge in [0.1, 0.15) is 5.78 Å². The molecular formula is C50H98N8O5S. The molecule has 64 heavy (non-hydrogen) atoms. The predicted octanol–water partition coefficient (Wildman–Crippen LogP) is 10.3. The van der Waals surface area contributed by atoms with E-state index in [1.165, 1.54) is 83.8 Å². The molecule has 2 aromatic heterocycles. The summed E-state index contributed by atoms with van der Waals surface area (Å²) in [5.74, 6) is 7.74. The number of Topliss-reactive ketones (excluding diaryl/α,β-unsaturated/α-hetero) is 1. The Morgan fingerprint density at radius 1 is 0.781 bits per heavy atom. The topological polar surface area (TPSA) is 156 Å². The standard InChI is InChI=1S/C9H17NO.C9H19N.C8H15NO.C6H10N2O.C6H10N2.C6H15NOS.C6H12O/c1-7(2)9(11)10-8-5-3-4-6-8;1-9(2)8-10-6-4-3-5-7-10;1-6(2)8(10)9-7-4-3-5-7;1-4(2)6-7-5(3)9-8-6;1-6(2)8-5-3-4-7-8;1-6(2)9(5,8)7(3)4;1-5(2)4-6(3)7/h7-8H,3-6H2,1-2H3,(H,10,11);9H,3-8H2,1-2H3;6-7H,3-5H2,1-2H3,(H,9,10);4H,1-3H3;3-6H,1-2H3;6H,5H2,1-4H3;5H,4H2,1-3H3. The highest BCUT2D eigenvalue weighted by Gasteiger charge is 2.20. The number of hydrogen-bond acceptors (Lipinski definition) is 9. The van der Waals surface area contributed by atoms with E-state index in [1.807, 2.05) is 86.2 Å². The van der Waals surface area contributed by atoms with E-state index in [9.17, 15) is 18.6 Å². The fourth-order valence-electron chi connectivity index (χ4n) is 6.15. The first-order chi connectivity index (χ1) is 29.7. The second kappa shape index (κ2) is 35.1. The summed E-state index contributed by atoms with van der Waals surface area (Å²) >= 11 is 0. The lowest BCUT2D eigenvalue weighted by Crippen LogP contribution is -2.41. The molecule has 1 atom stereocenters. The molecule has 374 valence electrons. The van der Waals surface area contributed by atoms with Crippen molar-refractivity contribution in [1.82, 2.24) is 39.8 Å². The van der Waals surface area contributed by atoms with Gasteiger partial charge in [0.15, 0.2) is 5.82 Å². The van der Waals surface area contributed by atoms with E-state index in [2.05, 4.69) is 64.3 Å². The van der Waals surface area contributed by atoms with Crippen LogP contribution in [0.4, 0.5) is 0 Å². The summed E-state index contributed by atoms with van der Waals surface area (Å²) in [5, 5.41) is 13.9. The number of aromatic nitrogens is 4. The summed E-state index contributed by atoms with van der Waals surface area (Å²) in [6, 6.07) is 3.39. The molecule has 0 bridgehead atoms. The average Bonchev–Trinajstić information content (AvgIpc) is 3.99. The van der Waals surface area contributed by atoms with Crippen LogP contribution in [0.3, 0.4) is 0 Å². The Balaban J connectivity index is 0. The first-order valence-corrected chi connectivity index (χ1v) is 26.1. The minimum Gasteiger partial charge on any atom is -0.353 e. The van der Waals surface area contributed by atoms with Gasteiger partial charge in [-0.3, -0.25) is 18.5 Å². The highest BCUT2D eigenvalue weighted by molar-refractivity contribution is 7.98. The lowest BCUT2D eigenvalue weighted by atomic mass is 9.93. The third kappa shape index (κ3) is 32.5. The number of ketones is 1. The molecule has 2 aliphatic carbocycles. The molecule has 3 heterocycles. The number of likely N-dealkylation sites (tertiary alicyclic amines) is 1. The minimum absolute atomic E-state index is 0.132. The zero-order valence-electron chi connectivity index (χ0n) is 44.2. The van der Waals surface area contributed by atoms with Crippen molar-refractivity contribution < 1.29 is 23.1 Å². The van der Waals surface area contributed by atoms with Gasteiger partial charge in [-0.05, 0) is 117 Å². The van der Waals surface area contributed by atoms with Gasteiger partial charge in [0.2, 0.25) is 17.7 Å². The lowest BCUT2D eigenvalue weighted by Gasteiger charge is -2.27. The molecule has 1 unspecified atom stereocenters. The smallest absolute Gasteiger partial charge is 0.223 e. The van der Waals surface area contributed by atoms with Crippen molar-refractivity contribution in [1.29, 1.82) is 0 Å². The van der Waals surface area contributed by atoms with Crippen LogP contribution in [-0.4, -0.2) is 108 Å². The van der Waals surface area contributed by atoms with Crippen LogP contribution >= 0.6 is 0 Å². The van der Waals surface area contributed by atoms with Crippen LogP contribution in [0.15, 0.2) is 23.0 Å². The lowest BCUT2D eigenvalue weighted by molar-refractivity contribution is -0.125. The highest BCUT2D eigenvalue weighted by Crippen LogP contribution is 2.19. The molecule has 2 saturated carbocycles. The van der Waals surface area contributed by atoms with Crippen LogP contribution in [-0.2, 0) is 24.1 Å². The summed E-state index contributed by atoms with van der Waals surface area (Å²) in [5.41, 5.74) is 0. The molecule has 14 heteroatoms. The van der Waals surface area contributed by atoms with Gasteiger partial charge in [0.25, 0.3) is 0 Å². The molecule has 13 nitrogen and oxygen atoms in total. The Morgan fingerprint density at radius 3 is 1.48 bits per heavy atom. The predicted molar refractivity (Wildman–Crippen MR) is 271 cm³/mol. The maximum Gasteiger partial charge on any atom is 0.223 e. The van der Waals surface area contributed by atoms with Crippen LogP contribution in [0.25, 0.3) is 0 Å². The Bertz CT molecular complexity index is 1550. The largest absolute Gasteiger partial charge is 0.353 e. The van der Waals surface area contributed by atoms with Gasteiger partial charge in [0.05, 0.1) is 0 Å². The van der Waals surface area contributed by atoms with Crippen molar-refractivity contribution in [3.05, 3.63) is 30.2 Å². The summed E-state index contributed by atoms with van der Waals surface area (Å²) in [6.45, 7) is 35.9. The van der Waals surface area contributed by atoms with E-state index in [1.54, 1.807) is 38.4 Å². The molecule has 0 aromatic carbocycles. The number of rotatable bonds is 12. The van der Waals surface area contributed by atoms with E-state index in [4.69, 9.17) is 4.52 Å². The number of piperidine rings is 1. The van der Waals surface area contributed by atoms with Gasteiger partial charge >= 0.3 is 0 Å². The van der Waals surface area contributed by atoms with E-state index in [-0.39, 0.29) is 34.7 Å². The molecule has 2 aromatic rings. The normalized spacial score (nSPS) is 16.1. The SMILES string of the molecule is C=S(=O)(C(C)C)N(C)C.CC(=O)CC(C)C.CC(C)C(=O)NC1CCC1.CC(C)C(=O)NC1CCCC1.CC(C)CN1CCCCC1.CC(C)n1cccn1.Cc1nc(C(C)C)no1. The molecule has 2 amide bonds. The van der Waals surface area contributed by atoms with Crippen LogP contribution in [0.1, 0.15) is 198 Å². The third-order valence-electron chi connectivity index (χ3n) is 10.4. The fourth-order valence-corrected chi connectivity index (χ4v) is 6.99. The Hall–Kier alpha value is -3.10. The van der Waals surface area contributed by atoms with Gasteiger partial charge in [-0.2, -0.15) is 10.1 Å². The zero-order chi connectivity index (χ0) is 49.6. The van der Waals surface area contributed by atoms with Crippen molar-refractivity contribution in [3.8, 4) is 0 Å². The molecule has 3 aliphatic rings. The van der Waals surface area contributed by atoms with Crippen molar-refractivity contribution in [3.63, 3.8) is 0 Å². The Labute approximate surface area is 393 Å². The minimum atomic E-state index is -1.98. The summed E-state index contributed by atoms with van der Waals surface area (Å²) in [4.78, 5) is 39.1. The van der Waals surface area contributed by atoms with E-state index >= 15 is 0 Å². The first kappa shape index (κ1) is 63.0. The maximum absolute atomic E-state index is 11.4. The molecule has 5 rings (SSSR count). The number of amides is 2. The number of nitrogens with one attached hydrogen (secondary N) is 2. The molecule has 1 aliphatic heterocycles. The van der Waals surface area contributed by atoms with Crippen LogP contribution in [0.5, 0.6) is 0 Å². The zero-order valence-corrected chi connectivity index (χ0v) is 45.0. The molecule has 0 spiro atoms. The average molecular weight is 923 g/mol. The van der Waals surface area contributed by atoms with E-state index in [0.29, 0.717) is 35.9 Å². The quantitative estimate of drug-likeness (QED) is 0.198. The summed E-state index contributed by atoms with van der Waals surface area (Å²) in [6.07, 6.45) is 17.3. The highest BCUT2D eigenvalue weighted by atomic mass is 32.2. The maximum atomic E-state index is 11.4. The number of carbonyl (C=O) groups excluding carboxylic acids is 3. The van der Waals surface area contributed by atoms with Crippen molar-refractivity contribution >= 4 is 33.2 Å². The molecule has 0 radical (unpaired) electrons. The van der Waals surface area contributed by atoms with Gasteiger partial charge < -0.3 is 24.9 Å². The van der Waals surface area contributed by atoms with Crippen LogP contribution in [0.2, 0.25) is 0 Å². The third-order valence-corrected chi connectivity index (χ3v) is 13.1. The van der Waals surface area contributed by atoms with Gasteiger partial charge in [0, 0.05) is 83.1 Å². The van der Waals surface area contributed by atoms with Gasteiger partial charge in [-0.25, -0.2) is 4.31 Å². The molecular weight excluding hydrogens is 825 g/mol. The van der Waals surface area contributed by atoms with E-state index in [0.717, 1.165) is 18.2 Å². The number of carbonyl (C=O) groups is 3. The Kier molecular flexibility index (Phi) is 34.6. The number of nitrogens with zero attached hydrogens (tertiary/aromatic N) is 6. The second-order valence-electron chi connectivity index (χ2n) is 19.9. The number of hydrogen-bond donors (Lipinski definition) is 2. The van der Waals surface area contributed by atoms with Crippen LogP contribution in [0, 0.1) is 30.6 Å². The monoisotopic (exact) mass is 923 g/mol. The van der Waals surface area contributed by atoms with Crippen molar-refractivity contribution in [2.24, 2.45) is 23.7 Å². The van der Waals surface area contributed by atoms with Gasteiger partial charge in [-0.1, -0.05) is 108 Å². The number of aryl methyl sites for hydroxylation is 1. The van der Waals surface area contributed by atoms with Crippen LogP contribution < -0.4 is 10.6 Å². The van der Waals surface area contributed by atoms with Crippen molar-refractivity contribution in [2.75, 3.05) is 33.7 Å². The summed E-state index contributed by atoms with van der Waals surface area (Å²) < 4.78 is 19.8. The molecule has 1 saturated heterocycles. The molecule has 3 fully saturated rings. The van der Waals surface area contributed by atoms with E-state index < -0.39 is 9.71 Å². The van der Waals surface area contributed by atoms with Crippen molar-refractivity contribution in [2.45, 2.75) is 211 Å². The van der Waals surface area contributed by atoms with Gasteiger partial charge in [-0.15, -0.1) is 0 Å². The summed E-state index contributed by atoms with van der Waals surface area (Å²) in [7, 11) is 1.59. The second-order valence-corrected chi connectivity index (χ2v) is 23.0. The fraction of sp³-hybridized carbons (Fsp3) is 0.820.